The molecule has 5 nitrogen and oxygen atoms in total. The third kappa shape index (κ3) is 4.32. The highest BCUT2D eigenvalue weighted by Crippen LogP contribution is 2.18. The van der Waals surface area contributed by atoms with Gasteiger partial charge in [0, 0.05) is 6.07 Å². The van der Waals surface area contributed by atoms with Crippen LogP contribution in [0.5, 0.6) is 11.5 Å². The van der Waals surface area contributed by atoms with Crippen LogP contribution >= 0.6 is 0 Å². The molecule has 94 valence electrons. The van der Waals surface area contributed by atoms with Gasteiger partial charge in [-0.25, -0.2) is 0 Å². The molecule has 0 aliphatic rings. The number of carboxylic acids is 1. The molecule has 0 amide bonds. The third-order valence-electron chi connectivity index (χ3n) is 2.21. The van der Waals surface area contributed by atoms with Crippen LogP contribution in [0, 0.1) is 0 Å². The van der Waals surface area contributed by atoms with E-state index in [9.17, 15) is 4.79 Å². The van der Waals surface area contributed by atoms with Gasteiger partial charge in [0.1, 0.15) is 24.1 Å². The van der Waals surface area contributed by atoms with Crippen molar-refractivity contribution < 1.29 is 19.4 Å². The number of rotatable bonds is 7. The second-order valence-electron chi connectivity index (χ2n) is 3.44. The molecular formula is C12H17NO4. The van der Waals surface area contributed by atoms with Crippen LogP contribution in [-0.2, 0) is 4.79 Å². The van der Waals surface area contributed by atoms with Crippen molar-refractivity contribution >= 4 is 5.97 Å². The Labute approximate surface area is 100 Å². The Hall–Kier alpha value is -1.75. The van der Waals surface area contributed by atoms with Crippen LogP contribution in [0.1, 0.15) is 6.92 Å². The summed E-state index contributed by atoms with van der Waals surface area (Å²) in [6.07, 6.45) is 0. The number of carbonyl (C=O) groups is 1. The molecule has 0 bridgehead atoms. The first kappa shape index (κ1) is 13.3. The van der Waals surface area contributed by atoms with Gasteiger partial charge in [0.15, 0.2) is 0 Å². The molecule has 1 aromatic carbocycles. The highest BCUT2D eigenvalue weighted by molar-refractivity contribution is 5.73. The minimum atomic E-state index is -0.922. The lowest BCUT2D eigenvalue weighted by Gasteiger charge is -2.14. The molecule has 0 saturated heterocycles. The van der Waals surface area contributed by atoms with Gasteiger partial charge in [-0.2, -0.15) is 0 Å². The average molecular weight is 239 g/mol. The quantitative estimate of drug-likeness (QED) is 0.746. The number of likely N-dealkylation sites (N-methyl/N-ethyl adjacent to an activating group) is 1. The highest BCUT2D eigenvalue weighted by Gasteiger charge is 2.16. The average Bonchev–Trinajstić information content (AvgIpc) is 2.34. The van der Waals surface area contributed by atoms with Gasteiger partial charge in [0.05, 0.1) is 7.11 Å². The zero-order valence-corrected chi connectivity index (χ0v) is 9.97. The summed E-state index contributed by atoms with van der Waals surface area (Å²) < 4.78 is 10.4. The number of nitrogens with one attached hydrogen (secondary N) is 1. The van der Waals surface area contributed by atoms with Crippen molar-refractivity contribution in [3.8, 4) is 11.5 Å². The highest BCUT2D eigenvalue weighted by atomic mass is 16.5. The fourth-order valence-corrected chi connectivity index (χ4v) is 1.33. The zero-order valence-electron chi connectivity index (χ0n) is 9.97. The van der Waals surface area contributed by atoms with Gasteiger partial charge in [0.25, 0.3) is 0 Å². The van der Waals surface area contributed by atoms with Gasteiger partial charge < -0.3 is 19.9 Å². The Balaban J connectivity index is 2.55. The van der Waals surface area contributed by atoms with Crippen molar-refractivity contribution in [1.82, 2.24) is 5.32 Å². The molecule has 0 aliphatic heterocycles. The van der Waals surface area contributed by atoms with E-state index >= 15 is 0 Å². The fraction of sp³-hybridized carbons (Fsp3) is 0.417. The number of hydrogen-bond donors (Lipinski definition) is 2. The maximum atomic E-state index is 10.9. The second-order valence-corrected chi connectivity index (χ2v) is 3.44. The normalized spacial score (nSPS) is 11.9. The number of methoxy groups -OCH3 is 1. The fourth-order valence-electron chi connectivity index (χ4n) is 1.33. The molecule has 0 heterocycles. The Bertz CT molecular complexity index is 367. The van der Waals surface area contributed by atoms with Crippen molar-refractivity contribution in [3.05, 3.63) is 24.3 Å². The Morgan fingerprint density at radius 2 is 2.18 bits per heavy atom. The molecular weight excluding hydrogens is 222 g/mol. The van der Waals surface area contributed by atoms with Crippen LogP contribution in [0.15, 0.2) is 24.3 Å². The summed E-state index contributed by atoms with van der Waals surface area (Å²) in [5.41, 5.74) is 0. The Morgan fingerprint density at radius 1 is 1.47 bits per heavy atom. The van der Waals surface area contributed by atoms with Crippen molar-refractivity contribution in [2.24, 2.45) is 0 Å². The van der Waals surface area contributed by atoms with E-state index in [1.807, 2.05) is 6.92 Å². The standard InChI is InChI=1S/C12H17NO4/c1-3-13-11(12(14)15)8-17-10-6-4-5-9(7-10)16-2/h4-7,11,13H,3,8H2,1-2H3,(H,14,15). The lowest BCUT2D eigenvalue weighted by Crippen LogP contribution is -2.41. The van der Waals surface area contributed by atoms with E-state index in [0.29, 0.717) is 18.0 Å². The van der Waals surface area contributed by atoms with Gasteiger partial charge >= 0.3 is 5.97 Å². The third-order valence-corrected chi connectivity index (χ3v) is 2.21. The van der Waals surface area contributed by atoms with Crippen LogP contribution in [0.2, 0.25) is 0 Å². The minimum absolute atomic E-state index is 0.0797. The molecule has 1 rings (SSSR count). The van der Waals surface area contributed by atoms with Gasteiger partial charge in [-0.3, -0.25) is 4.79 Å². The van der Waals surface area contributed by atoms with E-state index in [4.69, 9.17) is 14.6 Å². The molecule has 0 spiro atoms. The predicted molar refractivity (Wildman–Crippen MR) is 63.6 cm³/mol. The summed E-state index contributed by atoms with van der Waals surface area (Å²) in [4.78, 5) is 10.9. The number of benzene rings is 1. The Morgan fingerprint density at radius 3 is 2.76 bits per heavy atom. The van der Waals surface area contributed by atoms with Crippen molar-refractivity contribution in [2.75, 3.05) is 20.3 Å². The lowest BCUT2D eigenvalue weighted by molar-refractivity contribution is -0.140. The van der Waals surface area contributed by atoms with Gasteiger partial charge in [0.2, 0.25) is 0 Å². The first-order valence-corrected chi connectivity index (χ1v) is 5.40. The zero-order chi connectivity index (χ0) is 12.7. The van der Waals surface area contributed by atoms with Crippen LogP contribution in [0.25, 0.3) is 0 Å². The molecule has 17 heavy (non-hydrogen) atoms. The summed E-state index contributed by atoms with van der Waals surface area (Å²) in [6, 6.07) is 6.35. The van der Waals surface area contributed by atoms with E-state index in [2.05, 4.69) is 5.32 Å². The second kappa shape index (κ2) is 6.75. The maximum Gasteiger partial charge on any atom is 0.324 e. The molecule has 2 N–H and O–H groups in total. The smallest absolute Gasteiger partial charge is 0.324 e. The molecule has 0 aliphatic carbocycles. The first-order valence-electron chi connectivity index (χ1n) is 5.40. The summed E-state index contributed by atoms with van der Waals surface area (Å²) in [5.74, 6) is 0.348. The van der Waals surface area contributed by atoms with Crippen molar-refractivity contribution in [2.45, 2.75) is 13.0 Å². The summed E-state index contributed by atoms with van der Waals surface area (Å²) >= 11 is 0. The largest absolute Gasteiger partial charge is 0.497 e. The van der Waals surface area contributed by atoms with Crippen LogP contribution in [0.3, 0.4) is 0 Å². The van der Waals surface area contributed by atoms with Crippen LogP contribution < -0.4 is 14.8 Å². The number of ether oxygens (including phenoxy) is 2. The number of aliphatic carboxylic acids is 1. The van der Waals surface area contributed by atoms with Gasteiger partial charge in [-0.15, -0.1) is 0 Å². The topological polar surface area (TPSA) is 67.8 Å². The van der Waals surface area contributed by atoms with E-state index in [0.717, 1.165) is 0 Å². The number of hydrogen-bond acceptors (Lipinski definition) is 4. The van der Waals surface area contributed by atoms with E-state index < -0.39 is 12.0 Å². The Kier molecular flexibility index (Phi) is 5.29. The molecule has 1 aromatic rings. The van der Waals surface area contributed by atoms with E-state index in [-0.39, 0.29) is 6.61 Å². The first-order chi connectivity index (χ1) is 8.17. The summed E-state index contributed by atoms with van der Waals surface area (Å²) in [7, 11) is 1.57. The summed E-state index contributed by atoms with van der Waals surface area (Å²) in [6.45, 7) is 2.51. The molecule has 0 saturated carbocycles. The van der Waals surface area contributed by atoms with Gasteiger partial charge in [-0.05, 0) is 18.7 Å². The molecule has 0 radical (unpaired) electrons. The van der Waals surface area contributed by atoms with Crippen LogP contribution in [0.4, 0.5) is 0 Å². The molecule has 1 unspecified atom stereocenters. The van der Waals surface area contributed by atoms with E-state index in [1.54, 1.807) is 31.4 Å². The molecule has 0 aromatic heterocycles. The molecule has 5 heteroatoms. The van der Waals surface area contributed by atoms with Gasteiger partial charge in [-0.1, -0.05) is 13.0 Å². The monoisotopic (exact) mass is 239 g/mol. The minimum Gasteiger partial charge on any atom is -0.497 e. The SMILES string of the molecule is CCNC(COc1cccc(OC)c1)C(=O)O. The summed E-state index contributed by atoms with van der Waals surface area (Å²) in [5, 5.41) is 11.7. The van der Waals surface area contributed by atoms with E-state index in [1.165, 1.54) is 0 Å². The van der Waals surface area contributed by atoms with Crippen molar-refractivity contribution in [3.63, 3.8) is 0 Å². The molecule has 1 atom stereocenters. The number of carboxylic acid groups (broad SMARTS) is 1. The predicted octanol–water partition coefficient (Wildman–Crippen LogP) is 1.14. The van der Waals surface area contributed by atoms with Crippen LogP contribution in [-0.4, -0.2) is 37.4 Å². The maximum absolute atomic E-state index is 10.9. The lowest BCUT2D eigenvalue weighted by atomic mass is 10.3. The van der Waals surface area contributed by atoms with Crippen molar-refractivity contribution in [1.29, 1.82) is 0 Å². The molecule has 0 fully saturated rings.